The van der Waals surface area contributed by atoms with Crippen molar-refractivity contribution in [1.82, 2.24) is 5.32 Å². The summed E-state index contributed by atoms with van der Waals surface area (Å²) < 4.78 is 13.9. The molecule has 0 fully saturated rings. The molecule has 0 radical (unpaired) electrons. The van der Waals surface area contributed by atoms with Gasteiger partial charge in [-0.1, -0.05) is 51.8 Å². The molecule has 2 aromatic rings. The molecule has 2 rings (SSSR count). The molecule has 0 aromatic heterocycles. The number of benzene rings is 2. The molecule has 0 saturated carbocycles. The number of halogens is 3. The van der Waals surface area contributed by atoms with E-state index >= 15 is 0 Å². The molecule has 0 amide bonds. The second-order valence-electron chi connectivity index (χ2n) is 4.72. The van der Waals surface area contributed by atoms with Gasteiger partial charge in [-0.15, -0.1) is 0 Å². The monoisotopic (exact) mass is 355 g/mol. The highest BCUT2D eigenvalue weighted by atomic mass is 79.9. The highest BCUT2D eigenvalue weighted by Crippen LogP contribution is 2.22. The molecule has 1 unspecified atom stereocenters. The standard InChI is InChI=1S/C16H16BrClFN/c1-20-14(9-12-4-2-3-5-16(12)18)8-11-6-7-13(19)10-15(11)17/h2-7,10,14,20H,8-9H2,1H3. The summed E-state index contributed by atoms with van der Waals surface area (Å²) in [6, 6.07) is 12.9. The number of hydrogen-bond donors (Lipinski definition) is 1. The van der Waals surface area contributed by atoms with Gasteiger partial charge in [0.1, 0.15) is 5.82 Å². The van der Waals surface area contributed by atoms with Crippen molar-refractivity contribution in [2.45, 2.75) is 18.9 Å². The zero-order chi connectivity index (χ0) is 14.5. The third-order valence-electron chi connectivity index (χ3n) is 3.31. The first kappa shape index (κ1) is 15.5. The minimum absolute atomic E-state index is 0.229. The maximum Gasteiger partial charge on any atom is 0.124 e. The molecule has 0 aliphatic rings. The van der Waals surface area contributed by atoms with Gasteiger partial charge >= 0.3 is 0 Å². The van der Waals surface area contributed by atoms with E-state index in [0.717, 1.165) is 33.5 Å². The maximum atomic E-state index is 13.1. The van der Waals surface area contributed by atoms with Crippen LogP contribution in [0.2, 0.25) is 5.02 Å². The molecule has 0 aliphatic heterocycles. The fraction of sp³-hybridized carbons (Fsp3) is 0.250. The third-order valence-corrected chi connectivity index (χ3v) is 4.42. The Balaban J connectivity index is 2.11. The summed E-state index contributed by atoms with van der Waals surface area (Å²) in [5.74, 6) is -0.229. The summed E-state index contributed by atoms with van der Waals surface area (Å²) in [7, 11) is 1.93. The lowest BCUT2D eigenvalue weighted by molar-refractivity contribution is 0.554. The topological polar surface area (TPSA) is 12.0 Å². The zero-order valence-electron chi connectivity index (χ0n) is 11.2. The van der Waals surface area contributed by atoms with Gasteiger partial charge in [-0.2, -0.15) is 0 Å². The lowest BCUT2D eigenvalue weighted by Gasteiger charge is -2.18. The van der Waals surface area contributed by atoms with Crippen molar-refractivity contribution in [3.05, 3.63) is 68.9 Å². The Morgan fingerprint density at radius 1 is 1.15 bits per heavy atom. The summed E-state index contributed by atoms with van der Waals surface area (Å²) in [6.07, 6.45) is 1.64. The van der Waals surface area contributed by atoms with Crippen LogP contribution in [-0.4, -0.2) is 13.1 Å². The lowest BCUT2D eigenvalue weighted by Crippen LogP contribution is -2.30. The van der Waals surface area contributed by atoms with Gasteiger partial charge in [-0.25, -0.2) is 4.39 Å². The molecule has 1 atom stereocenters. The second-order valence-corrected chi connectivity index (χ2v) is 5.98. The van der Waals surface area contributed by atoms with Crippen LogP contribution < -0.4 is 5.32 Å². The van der Waals surface area contributed by atoms with Crippen molar-refractivity contribution in [3.63, 3.8) is 0 Å². The molecule has 2 aromatic carbocycles. The molecular weight excluding hydrogens is 341 g/mol. The van der Waals surface area contributed by atoms with Gasteiger partial charge in [0.2, 0.25) is 0 Å². The van der Waals surface area contributed by atoms with Crippen LogP contribution in [0.3, 0.4) is 0 Å². The van der Waals surface area contributed by atoms with Gasteiger partial charge in [0.25, 0.3) is 0 Å². The summed E-state index contributed by atoms with van der Waals surface area (Å²) in [4.78, 5) is 0. The van der Waals surface area contributed by atoms with Crippen LogP contribution in [-0.2, 0) is 12.8 Å². The van der Waals surface area contributed by atoms with Crippen LogP contribution in [0.4, 0.5) is 4.39 Å². The highest BCUT2D eigenvalue weighted by Gasteiger charge is 2.12. The Bertz CT molecular complexity index is 588. The van der Waals surface area contributed by atoms with Crippen molar-refractivity contribution in [2.75, 3.05) is 7.05 Å². The van der Waals surface area contributed by atoms with E-state index in [1.165, 1.54) is 12.1 Å². The van der Waals surface area contributed by atoms with E-state index in [9.17, 15) is 4.39 Å². The number of rotatable bonds is 5. The van der Waals surface area contributed by atoms with Gasteiger partial charge in [-0.3, -0.25) is 0 Å². The average Bonchev–Trinajstić information content (AvgIpc) is 2.43. The Kier molecular flexibility index (Phi) is 5.58. The third kappa shape index (κ3) is 4.05. The van der Waals surface area contributed by atoms with Crippen LogP contribution in [0.5, 0.6) is 0 Å². The fourth-order valence-electron chi connectivity index (χ4n) is 2.16. The molecule has 106 valence electrons. The van der Waals surface area contributed by atoms with E-state index in [2.05, 4.69) is 21.2 Å². The summed E-state index contributed by atoms with van der Waals surface area (Å²) in [6.45, 7) is 0. The van der Waals surface area contributed by atoms with Gasteiger partial charge in [0.05, 0.1) is 0 Å². The van der Waals surface area contributed by atoms with Gasteiger partial charge < -0.3 is 5.32 Å². The fourth-order valence-corrected chi connectivity index (χ4v) is 2.88. The molecule has 1 nitrogen and oxygen atoms in total. The summed E-state index contributed by atoms with van der Waals surface area (Å²) in [5.41, 5.74) is 2.20. The van der Waals surface area contributed by atoms with Crippen molar-refractivity contribution in [3.8, 4) is 0 Å². The SMILES string of the molecule is CNC(Cc1ccccc1Cl)Cc1ccc(F)cc1Br. The predicted molar refractivity (Wildman–Crippen MR) is 85.8 cm³/mol. The molecule has 0 saturated heterocycles. The van der Waals surface area contributed by atoms with Gasteiger partial charge in [0, 0.05) is 15.5 Å². The van der Waals surface area contributed by atoms with E-state index in [-0.39, 0.29) is 11.9 Å². The van der Waals surface area contributed by atoms with Gasteiger partial charge in [0.15, 0.2) is 0 Å². The largest absolute Gasteiger partial charge is 0.316 e. The van der Waals surface area contributed by atoms with Crippen LogP contribution >= 0.6 is 27.5 Å². The van der Waals surface area contributed by atoms with Crippen molar-refractivity contribution in [2.24, 2.45) is 0 Å². The first-order valence-electron chi connectivity index (χ1n) is 6.44. The average molecular weight is 357 g/mol. The van der Waals surface area contributed by atoms with E-state index < -0.39 is 0 Å². The lowest BCUT2D eigenvalue weighted by atomic mass is 9.99. The zero-order valence-corrected chi connectivity index (χ0v) is 13.5. The maximum absolute atomic E-state index is 13.1. The van der Waals surface area contributed by atoms with Crippen LogP contribution in [0.15, 0.2) is 46.9 Å². The minimum atomic E-state index is -0.229. The molecule has 0 aliphatic carbocycles. The summed E-state index contributed by atoms with van der Waals surface area (Å²) in [5, 5.41) is 4.08. The van der Waals surface area contributed by atoms with E-state index in [0.29, 0.717) is 0 Å². The predicted octanol–water partition coefficient (Wildman–Crippen LogP) is 4.61. The molecular formula is C16H16BrClFN. The first-order valence-corrected chi connectivity index (χ1v) is 7.62. The molecule has 0 bridgehead atoms. The van der Waals surface area contributed by atoms with Crippen molar-refractivity contribution >= 4 is 27.5 Å². The van der Waals surface area contributed by atoms with Crippen LogP contribution in [0, 0.1) is 5.82 Å². The smallest absolute Gasteiger partial charge is 0.124 e. The van der Waals surface area contributed by atoms with Crippen molar-refractivity contribution in [1.29, 1.82) is 0 Å². The quantitative estimate of drug-likeness (QED) is 0.824. The van der Waals surface area contributed by atoms with E-state index in [1.807, 2.05) is 37.4 Å². The van der Waals surface area contributed by atoms with Crippen LogP contribution in [0.25, 0.3) is 0 Å². The highest BCUT2D eigenvalue weighted by molar-refractivity contribution is 9.10. The normalized spacial score (nSPS) is 12.4. The van der Waals surface area contributed by atoms with Gasteiger partial charge in [-0.05, 0) is 49.2 Å². The molecule has 1 N–H and O–H groups in total. The molecule has 20 heavy (non-hydrogen) atoms. The molecule has 4 heteroatoms. The van der Waals surface area contributed by atoms with E-state index in [4.69, 9.17) is 11.6 Å². The molecule has 0 heterocycles. The van der Waals surface area contributed by atoms with Crippen molar-refractivity contribution < 1.29 is 4.39 Å². The number of hydrogen-bond acceptors (Lipinski definition) is 1. The van der Waals surface area contributed by atoms with E-state index in [1.54, 1.807) is 0 Å². The second kappa shape index (κ2) is 7.21. The Hall–Kier alpha value is -0.900. The first-order chi connectivity index (χ1) is 9.60. The minimum Gasteiger partial charge on any atom is -0.316 e. The molecule has 0 spiro atoms. The Labute approximate surface area is 132 Å². The Morgan fingerprint density at radius 2 is 1.85 bits per heavy atom. The van der Waals surface area contributed by atoms with Crippen LogP contribution in [0.1, 0.15) is 11.1 Å². The number of nitrogens with one attached hydrogen (secondary N) is 1. The summed E-state index contributed by atoms with van der Waals surface area (Å²) >= 11 is 9.60. The number of likely N-dealkylation sites (N-methyl/N-ethyl adjacent to an activating group) is 1. The Morgan fingerprint density at radius 3 is 2.50 bits per heavy atom.